The van der Waals surface area contributed by atoms with Gasteiger partial charge in [0.05, 0.1) is 28.3 Å². The van der Waals surface area contributed by atoms with E-state index in [0.29, 0.717) is 45.1 Å². The molecule has 2 aromatic heterocycles. The summed E-state index contributed by atoms with van der Waals surface area (Å²) < 4.78 is 17.3. The molecule has 26 nitrogen and oxygen atoms in total. The number of benzene rings is 8. The number of fused-ring (bicyclic) bond motifs is 2. The fourth-order valence-corrected chi connectivity index (χ4v) is 12.1. The van der Waals surface area contributed by atoms with Gasteiger partial charge in [0.25, 0.3) is 35.0 Å². The second-order valence-electron chi connectivity index (χ2n) is 26.1. The van der Waals surface area contributed by atoms with Crippen LogP contribution in [0, 0.1) is 26.1 Å². The summed E-state index contributed by atoms with van der Waals surface area (Å²) in [4.78, 5) is 128. The van der Waals surface area contributed by atoms with Crippen molar-refractivity contribution in [3.05, 3.63) is 295 Å². The quantitative estimate of drug-likeness (QED) is 0.00752. The first kappa shape index (κ1) is 77.1. The lowest BCUT2D eigenvalue weighted by Crippen LogP contribution is -2.50. The van der Waals surface area contributed by atoms with Crippen molar-refractivity contribution in [2.45, 2.75) is 109 Å². The molecule has 8 aromatic carbocycles. The lowest BCUT2D eigenvalue weighted by molar-refractivity contribution is -0.385. The van der Waals surface area contributed by atoms with Crippen LogP contribution in [0.25, 0.3) is 21.5 Å². The summed E-state index contributed by atoms with van der Waals surface area (Å²) in [6.07, 6.45) is -4.04. The number of aliphatic carboxylic acids is 3. The Bertz CT molecular complexity index is 4890. The number of esters is 1. The number of carboxylic acids is 3. The molecule has 6 unspecified atom stereocenters. The highest BCUT2D eigenvalue weighted by Gasteiger charge is 2.41. The van der Waals surface area contributed by atoms with Gasteiger partial charge in [-0.3, -0.25) is 53.8 Å². The number of nitrogens with one attached hydrogen (secondary N) is 2. The number of nitro groups is 2. The van der Waals surface area contributed by atoms with Crippen LogP contribution in [0.5, 0.6) is 0 Å². The maximum Gasteiger partial charge on any atom is 0.339 e. The molecule has 7 N–H and O–H groups in total. The van der Waals surface area contributed by atoms with Gasteiger partial charge in [-0.2, -0.15) is 0 Å². The minimum absolute atomic E-state index is 0.0152. The number of para-hydroxylation sites is 2. The Morgan fingerprint density at radius 1 is 0.509 bits per heavy atom. The van der Waals surface area contributed by atoms with E-state index in [0.717, 1.165) is 21.5 Å². The summed E-state index contributed by atoms with van der Waals surface area (Å²) >= 11 is 0. The van der Waals surface area contributed by atoms with Crippen LogP contribution in [0.3, 0.4) is 0 Å². The number of non-ortho nitro benzene ring substituents is 2. The monoisotopic (exact) mass is 1440 g/mol. The molecule has 26 heteroatoms. The van der Waals surface area contributed by atoms with Crippen molar-refractivity contribution in [3.63, 3.8) is 0 Å². The van der Waals surface area contributed by atoms with Crippen LogP contribution in [0.2, 0.25) is 0 Å². The molecular weight excluding hydrogens is 1360 g/mol. The number of amides is 4. The van der Waals surface area contributed by atoms with Crippen LogP contribution in [0.15, 0.2) is 239 Å². The fraction of sp³-hybridized carbons (Fsp3) is 0.225. The van der Waals surface area contributed by atoms with Crippen molar-refractivity contribution in [2.24, 2.45) is 5.92 Å². The Kier molecular flexibility index (Phi) is 25.2. The Balaban J connectivity index is 0.000000246. The lowest BCUT2D eigenvalue weighted by atomic mass is 9.86. The van der Waals surface area contributed by atoms with Crippen molar-refractivity contribution >= 4 is 91.8 Å². The van der Waals surface area contributed by atoms with Crippen molar-refractivity contribution in [1.29, 1.82) is 0 Å². The molecule has 0 radical (unpaired) electrons. The van der Waals surface area contributed by atoms with E-state index in [-0.39, 0.29) is 48.8 Å². The molecule has 0 aliphatic carbocycles. The van der Waals surface area contributed by atoms with Gasteiger partial charge in [0.15, 0.2) is 17.3 Å². The zero-order valence-electron chi connectivity index (χ0n) is 58.1. The summed E-state index contributed by atoms with van der Waals surface area (Å²) in [6, 6.07) is 59.8. The predicted molar refractivity (Wildman–Crippen MR) is 390 cm³/mol. The molecule has 0 aliphatic rings. The van der Waals surface area contributed by atoms with E-state index >= 15 is 0 Å². The summed E-state index contributed by atoms with van der Waals surface area (Å²) in [6.45, 7) is 7.87. The molecular formula is C80H76N6O20. The van der Waals surface area contributed by atoms with Gasteiger partial charge in [0.1, 0.15) is 29.1 Å². The largest absolute Gasteiger partial charge is 0.503 e. The van der Waals surface area contributed by atoms with Crippen LogP contribution in [-0.4, -0.2) is 116 Å². The third kappa shape index (κ3) is 20.4. The second kappa shape index (κ2) is 34.7. The molecule has 546 valence electrons. The van der Waals surface area contributed by atoms with E-state index < -0.39 is 123 Å². The van der Waals surface area contributed by atoms with Crippen molar-refractivity contribution < 1.29 is 87.3 Å². The number of furan rings is 2. The number of hydrogen-bond acceptors (Lipinski definition) is 17. The number of carboxylic acid groups (broad SMARTS) is 3. The highest BCUT2D eigenvalue weighted by molar-refractivity contribution is 6.04. The molecule has 106 heavy (non-hydrogen) atoms. The summed E-state index contributed by atoms with van der Waals surface area (Å²) in [5, 5.41) is 83.5. The van der Waals surface area contributed by atoms with Gasteiger partial charge in [-0.1, -0.05) is 133 Å². The van der Waals surface area contributed by atoms with Crippen LogP contribution in [0.1, 0.15) is 114 Å². The van der Waals surface area contributed by atoms with Gasteiger partial charge in [-0.25, -0.2) is 4.79 Å². The molecule has 0 saturated carbocycles. The number of rotatable bonds is 29. The molecule has 0 aliphatic heterocycles. The second-order valence-corrected chi connectivity index (χ2v) is 26.1. The number of nitro benzene ring substituents is 2. The predicted octanol–water partition coefficient (Wildman–Crippen LogP) is 13.8. The SMILES string of the molecule is CC(C(Cc1ccc(C(=O)Nc2ccccc2)o1)c1ccc([N+](=O)[O-])cc1)N(Cc1ccc2ccccc2c1)C(=O)C(O)=C(CC(=O)O)C(=O)OC(C)(C)C.CC(C(Cc1ccc(C(=O)Nc2ccccc2)o1)c1ccc([N+](=O)[O-])cc1)N(Cc1ccc2ccccc2c1)C(=O)C(O)C(CC(=O)O)C(=O)O. The van der Waals surface area contributed by atoms with Gasteiger partial charge in [-0.15, -0.1) is 0 Å². The molecule has 0 fully saturated rings. The maximum atomic E-state index is 14.5. The van der Waals surface area contributed by atoms with E-state index in [1.807, 2.05) is 84.9 Å². The normalized spacial score (nSPS) is 13.2. The number of nitrogens with zero attached hydrogens (tertiary/aromatic N) is 4. The molecule has 0 spiro atoms. The molecule has 2 heterocycles. The van der Waals surface area contributed by atoms with Crippen LogP contribution in [0.4, 0.5) is 22.7 Å². The van der Waals surface area contributed by atoms with E-state index in [4.69, 9.17) is 13.6 Å². The summed E-state index contributed by atoms with van der Waals surface area (Å²) in [5.74, 6) is -12.5. The zero-order valence-corrected chi connectivity index (χ0v) is 58.1. The minimum atomic E-state index is -2.21. The molecule has 10 aromatic rings. The van der Waals surface area contributed by atoms with Gasteiger partial charge in [0.2, 0.25) is 0 Å². The molecule has 6 atom stereocenters. The third-order valence-corrected chi connectivity index (χ3v) is 17.6. The Morgan fingerprint density at radius 2 is 0.915 bits per heavy atom. The summed E-state index contributed by atoms with van der Waals surface area (Å²) in [5.41, 5.74) is 1.41. The fourth-order valence-electron chi connectivity index (χ4n) is 12.1. The smallest absolute Gasteiger partial charge is 0.339 e. The van der Waals surface area contributed by atoms with Gasteiger partial charge in [-0.05, 0) is 139 Å². The number of aliphatic hydroxyl groups excluding tert-OH is 2. The van der Waals surface area contributed by atoms with E-state index in [2.05, 4.69) is 10.6 Å². The van der Waals surface area contributed by atoms with Crippen LogP contribution < -0.4 is 10.6 Å². The first-order valence-electron chi connectivity index (χ1n) is 33.5. The Labute approximate surface area is 607 Å². The van der Waals surface area contributed by atoms with E-state index in [9.17, 15) is 84.1 Å². The summed E-state index contributed by atoms with van der Waals surface area (Å²) in [7, 11) is 0. The van der Waals surface area contributed by atoms with Crippen LogP contribution >= 0.6 is 0 Å². The number of anilines is 2. The highest BCUT2D eigenvalue weighted by Crippen LogP contribution is 2.36. The highest BCUT2D eigenvalue weighted by atomic mass is 16.6. The standard InChI is InChI=1S/C42H41N3O10.C38H35N3O10/c1-26(34(29-16-18-32(19-17-29)45(52)53)23-33-20-21-36(54-33)39(49)43-31-12-6-5-7-13-31)44(25-27-14-15-28-10-8-9-11-30(28)22-27)40(50)38(48)35(24-37(46)47)41(51)55-42(2,3)4;1-23(40(37(46)35(44)32(38(47)48)21-34(42)43)22-24-11-12-25-7-5-6-8-27(25)19-24)31(26-13-15-29(16-14-26)41(49)50)20-30-17-18-33(51-30)36(45)39-28-9-3-2-4-10-28/h5-22,26,34,48H,23-25H2,1-4H3,(H,43,49)(H,46,47);2-19,23,31-32,35,44H,20-22H2,1H3,(H,39,45)(H,42,43)(H,47,48). The maximum absolute atomic E-state index is 14.5. The zero-order chi connectivity index (χ0) is 76.5. The topological polar surface area (TPSA) is 390 Å². The third-order valence-electron chi connectivity index (χ3n) is 17.6. The number of carbonyl (C=O) groups excluding carboxylic acids is 5. The minimum Gasteiger partial charge on any atom is -0.503 e. The van der Waals surface area contributed by atoms with Gasteiger partial charge in [0, 0.05) is 85.5 Å². The number of hydrogen-bond donors (Lipinski definition) is 7. The van der Waals surface area contributed by atoms with Crippen LogP contribution in [-0.2, 0) is 59.4 Å². The number of aliphatic hydroxyl groups is 2. The first-order valence-corrected chi connectivity index (χ1v) is 33.5. The molecule has 0 bridgehead atoms. The van der Waals surface area contributed by atoms with Crippen molar-refractivity contribution in [3.8, 4) is 0 Å². The Hall–Kier alpha value is -13.1. The average Bonchev–Trinajstić information content (AvgIpc) is 1.01. The molecule has 4 amide bonds. The number of ether oxygens (including phenoxy) is 1. The molecule has 0 saturated heterocycles. The number of carbonyl (C=O) groups is 8. The van der Waals surface area contributed by atoms with Crippen molar-refractivity contribution in [1.82, 2.24) is 9.80 Å². The van der Waals surface area contributed by atoms with Crippen molar-refractivity contribution in [2.75, 3.05) is 10.6 Å². The van der Waals surface area contributed by atoms with Gasteiger partial charge < -0.3 is 59.5 Å². The Morgan fingerprint density at radius 3 is 1.31 bits per heavy atom. The first-order chi connectivity index (χ1) is 50.5. The molecule has 10 rings (SSSR count). The van der Waals surface area contributed by atoms with E-state index in [1.54, 1.807) is 120 Å². The lowest BCUT2D eigenvalue weighted by Gasteiger charge is -2.37. The average molecular weight is 1440 g/mol. The van der Waals surface area contributed by atoms with Gasteiger partial charge >= 0.3 is 23.9 Å². The van der Waals surface area contributed by atoms with E-state index in [1.165, 1.54) is 58.3 Å².